The van der Waals surface area contributed by atoms with Gasteiger partial charge in [-0.3, -0.25) is 9.59 Å². The van der Waals surface area contributed by atoms with E-state index < -0.39 is 18.2 Å². The molecule has 1 amide bonds. The van der Waals surface area contributed by atoms with E-state index in [1.165, 1.54) is 135 Å². The third kappa shape index (κ3) is 49.5. The molecule has 6 nitrogen and oxygen atoms in total. The Morgan fingerprint density at radius 3 is 1.18 bits per heavy atom. The van der Waals surface area contributed by atoms with Gasteiger partial charge in [0.1, 0.15) is 6.10 Å². The number of hydrogen-bond acceptors (Lipinski definition) is 5. The van der Waals surface area contributed by atoms with Crippen LogP contribution in [0.5, 0.6) is 0 Å². The van der Waals surface area contributed by atoms with E-state index in [1.807, 2.05) is 0 Å². The van der Waals surface area contributed by atoms with E-state index in [4.69, 9.17) is 4.74 Å². The quantitative estimate of drug-likeness (QED) is 0.0321. The number of esters is 1. The van der Waals surface area contributed by atoms with Gasteiger partial charge in [0.05, 0.1) is 25.2 Å². The summed E-state index contributed by atoms with van der Waals surface area (Å²) in [6, 6.07) is -0.716. The molecule has 0 aromatic carbocycles. The van der Waals surface area contributed by atoms with Crippen LogP contribution in [0.4, 0.5) is 0 Å². The highest BCUT2D eigenvalue weighted by molar-refractivity contribution is 5.77. The minimum Gasteiger partial charge on any atom is -0.462 e. The van der Waals surface area contributed by atoms with Crippen molar-refractivity contribution >= 4 is 11.9 Å². The molecule has 0 aliphatic rings. The Bertz CT molecular complexity index is 1230. The SMILES string of the molecule is CCCCC/C=C\C/C=C\C/C=C\C/C=C\CCCCCC(=O)OC(CCCCCCC/C=C\C/C=C\CCCCC)CC(=O)NC(CO)C(O)CCCCCCCCCCCCCCCC. The Labute approximate surface area is 415 Å². The van der Waals surface area contributed by atoms with Crippen molar-refractivity contribution in [1.29, 1.82) is 0 Å². The number of aliphatic hydroxyl groups excluding tert-OH is 2. The zero-order chi connectivity index (χ0) is 48.8. The van der Waals surface area contributed by atoms with Crippen molar-refractivity contribution in [1.82, 2.24) is 5.32 Å². The Hall–Kier alpha value is -2.70. The van der Waals surface area contributed by atoms with Crippen LogP contribution in [0.2, 0.25) is 0 Å². The first-order chi connectivity index (χ1) is 33.0. The van der Waals surface area contributed by atoms with Gasteiger partial charge in [0.25, 0.3) is 0 Å². The second-order valence-corrected chi connectivity index (χ2v) is 19.3. The molecule has 0 aromatic rings. The number of hydrogen-bond donors (Lipinski definition) is 3. The molecule has 0 bridgehead atoms. The summed E-state index contributed by atoms with van der Waals surface area (Å²) in [7, 11) is 0. The molecule has 67 heavy (non-hydrogen) atoms. The molecule has 0 aromatic heterocycles. The van der Waals surface area contributed by atoms with Gasteiger partial charge in [0.2, 0.25) is 5.91 Å². The van der Waals surface area contributed by atoms with Gasteiger partial charge in [0.15, 0.2) is 0 Å². The predicted octanol–water partition coefficient (Wildman–Crippen LogP) is 17.7. The number of rotatable bonds is 51. The van der Waals surface area contributed by atoms with E-state index >= 15 is 0 Å². The summed E-state index contributed by atoms with van der Waals surface area (Å²) in [5.74, 6) is -0.520. The Balaban J connectivity index is 4.65. The molecule has 3 atom stereocenters. The van der Waals surface area contributed by atoms with E-state index in [2.05, 4.69) is 99.0 Å². The molecular weight excluding hydrogens is 827 g/mol. The summed E-state index contributed by atoms with van der Waals surface area (Å²) in [6.45, 7) is 6.44. The minimum absolute atomic E-state index is 0.0533. The maximum absolute atomic E-state index is 13.3. The van der Waals surface area contributed by atoms with Crippen molar-refractivity contribution < 1.29 is 24.5 Å². The van der Waals surface area contributed by atoms with Crippen molar-refractivity contribution in [2.75, 3.05) is 6.61 Å². The molecule has 0 rings (SSSR count). The highest BCUT2D eigenvalue weighted by Gasteiger charge is 2.24. The summed E-state index contributed by atoms with van der Waals surface area (Å²) >= 11 is 0. The van der Waals surface area contributed by atoms with Crippen molar-refractivity contribution in [3.05, 3.63) is 72.9 Å². The Kier molecular flexibility index (Phi) is 52.1. The standard InChI is InChI=1S/C61H109NO5/c1-4-7-10-13-16-19-22-25-28-29-30-31-33-36-39-42-45-48-51-54-61(66)67-57(52-49-46-43-40-37-34-32-26-23-20-17-14-11-8-5-2)55-60(65)62-58(56-63)59(64)53-50-47-44-41-38-35-27-24-21-18-15-12-9-6-3/h16-17,19-20,25-26,28,30-32,36,39,57-59,63-64H,4-15,18,21-24,27,29,33-35,37-38,40-56H2,1-3H3,(H,62,65)/b19-16-,20-17-,28-25-,31-30-,32-26-,39-36-. The Morgan fingerprint density at radius 1 is 0.433 bits per heavy atom. The maximum atomic E-state index is 13.3. The molecule has 3 unspecified atom stereocenters. The zero-order valence-corrected chi connectivity index (χ0v) is 44.3. The molecule has 388 valence electrons. The fourth-order valence-electron chi connectivity index (χ4n) is 8.39. The van der Waals surface area contributed by atoms with Crippen LogP contribution in [0.1, 0.15) is 278 Å². The summed E-state index contributed by atoms with van der Waals surface area (Å²) in [5.41, 5.74) is 0. The van der Waals surface area contributed by atoms with Crippen molar-refractivity contribution in [3.63, 3.8) is 0 Å². The highest BCUT2D eigenvalue weighted by Crippen LogP contribution is 2.18. The zero-order valence-electron chi connectivity index (χ0n) is 44.3. The van der Waals surface area contributed by atoms with Crippen LogP contribution in [-0.2, 0) is 14.3 Å². The van der Waals surface area contributed by atoms with Crippen LogP contribution in [0, 0.1) is 0 Å². The number of ether oxygens (including phenoxy) is 1. The lowest BCUT2D eigenvalue weighted by molar-refractivity contribution is -0.151. The van der Waals surface area contributed by atoms with Gasteiger partial charge in [-0.05, 0) is 103 Å². The molecular formula is C61H109NO5. The molecule has 0 saturated heterocycles. The highest BCUT2D eigenvalue weighted by atomic mass is 16.5. The number of amides is 1. The van der Waals surface area contributed by atoms with E-state index in [0.717, 1.165) is 96.3 Å². The second-order valence-electron chi connectivity index (χ2n) is 19.3. The first-order valence-corrected chi connectivity index (χ1v) is 28.7. The van der Waals surface area contributed by atoms with Crippen LogP contribution in [-0.4, -0.2) is 46.9 Å². The monoisotopic (exact) mass is 936 g/mol. The lowest BCUT2D eigenvalue weighted by Crippen LogP contribution is -2.46. The van der Waals surface area contributed by atoms with Gasteiger partial charge in [-0.2, -0.15) is 0 Å². The number of allylic oxidation sites excluding steroid dienone is 12. The molecule has 0 saturated carbocycles. The number of carbonyl (C=O) groups excluding carboxylic acids is 2. The fraction of sp³-hybridized carbons (Fsp3) is 0.770. The molecule has 6 heteroatoms. The van der Waals surface area contributed by atoms with Crippen LogP contribution < -0.4 is 5.32 Å². The predicted molar refractivity (Wildman–Crippen MR) is 291 cm³/mol. The van der Waals surface area contributed by atoms with Crippen LogP contribution in [0.25, 0.3) is 0 Å². The Morgan fingerprint density at radius 2 is 0.761 bits per heavy atom. The molecule has 0 fully saturated rings. The van der Waals surface area contributed by atoms with Crippen LogP contribution >= 0.6 is 0 Å². The van der Waals surface area contributed by atoms with Crippen molar-refractivity contribution in [2.45, 2.75) is 296 Å². The van der Waals surface area contributed by atoms with Gasteiger partial charge in [-0.15, -0.1) is 0 Å². The molecule has 0 spiro atoms. The normalized spacial score (nSPS) is 13.7. The second kappa shape index (κ2) is 54.2. The van der Waals surface area contributed by atoms with E-state index in [-0.39, 0.29) is 24.9 Å². The van der Waals surface area contributed by atoms with Crippen molar-refractivity contribution in [2.24, 2.45) is 0 Å². The van der Waals surface area contributed by atoms with Crippen LogP contribution in [0.3, 0.4) is 0 Å². The minimum atomic E-state index is -0.801. The van der Waals surface area contributed by atoms with Gasteiger partial charge < -0.3 is 20.3 Å². The lowest BCUT2D eigenvalue weighted by atomic mass is 10.0. The number of unbranched alkanes of at least 4 members (excludes halogenated alkanes) is 27. The van der Waals surface area contributed by atoms with Crippen LogP contribution in [0.15, 0.2) is 72.9 Å². The third-order valence-electron chi connectivity index (χ3n) is 12.8. The number of nitrogens with one attached hydrogen (secondary N) is 1. The van der Waals surface area contributed by atoms with Gasteiger partial charge in [-0.1, -0.05) is 235 Å². The smallest absolute Gasteiger partial charge is 0.306 e. The number of carbonyl (C=O) groups is 2. The average molecular weight is 937 g/mol. The molecule has 0 aliphatic carbocycles. The lowest BCUT2D eigenvalue weighted by Gasteiger charge is -2.24. The molecule has 0 heterocycles. The topological polar surface area (TPSA) is 95.9 Å². The van der Waals surface area contributed by atoms with E-state index in [9.17, 15) is 19.8 Å². The van der Waals surface area contributed by atoms with E-state index in [1.54, 1.807) is 0 Å². The van der Waals surface area contributed by atoms with Gasteiger partial charge >= 0.3 is 5.97 Å². The van der Waals surface area contributed by atoms with Gasteiger partial charge in [-0.25, -0.2) is 0 Å². The maximum Gasteiger partial charge on any atom is 0.306 e. The third-order valence-corrected chi connectivity index (χ3v) is 12.8. The first kappa shape index (κ1) is 64.3. The molecule has 0 radical (unpaired) electrons. The average Bonchev–Trinajstić information content (AvgIpc) is 3.32. The largest absolute Gasteiger partial charge is 0.462 e. The summed E-state index contributed by atoms with van der Waals surface area (Å²) in [4.78, 5) is 26.3. The van der Waals surface area contributed by atoms with E-state index in [0.29, 0.717) is 19.3 Å². The van der Waals surface area contributed by atoms with Crippen molar-refractivity contribution in [3.8, 4) is 0 Å². The summed E-state index contributed by atoms with van der Waals surface area (Å²) in [5, 5.41) is 23.9. The summed E-state index contributed by atoms with van der Waals surface area (Å²) < 4.78 is 5.94. The fourth-order valence-corrected chi connectivity index (χ4v) is 8.39. The number of aliphatic hydroxyl groups is 2. The molecule has 0 aliphatic heterocycles. The first-order valence-electron chi connectivity index (χ1n) is 28.7. The van der Waals surface area contributed by atoms with Gasteiger partial charge in [0, 0.05) is 6.42 Å². The molecule has 3 N–H and O–H groups in total. The summed E-state index contributed by atoms with van der Waals surface area (Å²) in [6.07, 6.45) is 69.6.